The van der Waals surface area contributed by atoms with E-state index < -0.39 is 6.10 Å². The highest BCUT2D eigenvalue weighted by Gasteiger charge is 2.15. The molecular formula is C12H11ClN2O2. The summed E-state index contributed by atoms with van der Waals surface area (Å²) in [7, 11) is 1.54. The van der Waals surface area contributed by atoms with Gasteiger partial charge in [-0.1, -0.05) is 11.6 Å². The predicted molar refractivity (Wildman–Crippen MR) is 64.1 cm³/mol. The van der Waals surface area contributed by atoms with Crippen LogP contribution >= 0.6 is 11.6 Å². The van der Waals surface area contributed by atoms with Crippen LogP contribution in [-0.4, -0.2) is 22.2 Å². The van der Waals surface area contributed by atoms with E-state index >= 15 is 0 Å². The number of rotatable bonds is 3. The third-order valence-electron chi connectivity index (χ3n) is 2.33. The second kappa shape index (κ2) is 5.12. The number of aliphatic hydroxyl groups excluding tert-OH is 1. The quantitative estimate of drug-likeness (QED) is 0.908. The standard InChI is InChI=1S/C12H11ClN2O2/c1-17-9-5-8(6-14-7-9)12(16)11-10(13)3-2-4-15-11/h2-7,12,16H,1H3. The van der Waals surface area contributed by atoms with Gasteiger partial charge in [-0.2, -0.15) is 0 Å². The van der Waals surface area contributed by atoms with Crippen LogP contribution in [0.4, 0.5) is 0 Å². The van der Waals surface area contributed by atoms with E-state index in [-0.39, 0.29) is 0 Å². The molecule has 4 nitrogen and oxygen atoms in total. The van der Waals surface area contributed by atoms with Crippen LogP contribution in [-0.2, 0) is 0 Å². The molecule has 0 radical (unpaired) electrons. The Bertz CT molecular complexity index is 519. The van der Waals surface area contributed by atoms with E-state index in [1.165, 1.54) is 0 Å². The van der Waals surface area contributed by atoms with Crippen LogP contribution in [0.2, 0.25) is 5.02 Å². The largest absolute Gasteiger partial charge is 0.495 e. The Morgan fingerprint density at radius 1 is 1.41 bits per heavy atom. The van der Waals surface area contributed by atoms with E-state index in [9.17, 15) is 5.11 Å². The molecule has 1 atom stereocenters. The van der Waals surface area contributed by atoms with Crippen molar-refractivity contribution in [1.82, 2.24) is 9.97 Å². The van der Waals surface area contributed by atoms with Gasteiger partial charge >= 0.3 is 0 Å². The van der Waals surface area contributed by atoms with Crippen molar-refractivity contribution in [2.75, 3.05) is 7.11 Å². The van der Waals surface area contributed by atoms with E-state index in [1.54, 1.807) is 43.9 Å². The molecule has 88 valence electrons. The van der Waals surface area contributed by atoms with Crippen molar-refractivity contribution in [2.45, 2.75) is 6.10 Å². The average molecular weight is 251 g/mol. The third kappa shape index (κ3) is 2.54. The summed E-state index contributed by atoms with van der Waals surface area (Å²) in [4.78, 5) is 8.04. The van der Waals surface area contributed by atoms with Gasteiger partial charge in [-0.25, -0.2) is 0 Å². The van der Waals surface area contributed by atoms with E-state index in [0.29, 0.717) is 22.0 Å². The first-order valence-corrected chi connectivity index (χ1v) is 5.37. The molecule has 0 aliphatic rings. The minimum atomic E-state index is -0.911. The van der Waals surface area contributed by atoms with Gasteiger partial charge in [0.15, 0.2) is 0 Å². The highest BCUT2D eigenvalue weighted by Crippen LogP contribution is 2.27. The van der Waals surface area contributed by atoms with Crippen molar-refractivity contribution in [1.29, 1.82) is 0 Å². The third-order valence-corrected chi connectivity index (χ3v) is 2.65. The van der Waals surface area contributed by atoms with Crippen LogP contribution < -0.4 is 4.74 Å². The Morgan fingerprint density at radius 2 is 2.24 bits per heavy atom. The molecule has 5 heteroatoms. The second-order valence-corrected chi connectivity index (χ2v) is 3.84. The first-order valence-electron chi connectivity index (χ1n) is 5.00. The second-order valence-electron chi connectivity index (χ2n) is 3.43. The van der Waals surface area contributed by atoms with Crippen molar-refractivity contribution >= 4 is 11.6 Å². The summed E-state index contributed by atoms with van der Waals surface area (Å²) in [5, 5.41) is 10.6. The summed E-state index contributed by atoms with van der Waals surface area (Å²) in [5.41, 5.74) is 0.995. The maximum absolute atomic E-state index is 10.2. The normalized spacial score (nSPS) is 12.2. The SMILES string of the molecule is COc1cncc(C(O)c2ncccc2Cl)c1. The molecular weight excluding hydrogens is 240 g/mol. The van der Waals surface area contributed by atoms with Crippen molar-refractivity contribution in [3.8, 4) is 5.75 Å². The van der Waals surface area contributed by atoms with E-state index in [4.69, 9.17) is 16.3 Å². The van der Waals surface area contributed by atoms with Crippen LogP contribution in [0.3, 0.4) is 0 Å². The van der Waals surface area contributed by atoms with Crippen molar-refractivity contribution in [3.05, 3.63) is 53.1 Å². The topological polar surface area (TPSA) is 55.2 Å². The van der Waals surface area contributed by atoms with Crippen LogP contribution in [0.25, 0.3) is 0 Å². The van der Waals surface area contributed by atoms with Gasteiger partial charge in [-0.15, -0.1) is 0 Å². The maximum Gasteiger partial charge on any atom is 0.137 e. The number of pyridine rings is 2. The molecule has 0 amide bonds. The molecule has 0 aliphatic heterocycles. The van der Waals surface area contributed by atoms with Gasteiger partial charge < -0.3 is 9.84 Å². The van der Waals surface area contributed by atoms with Gasteiger partial charge in [0.05, 0.1) is 24.0 Å². The highest BCUT2D eigenvalue weighted by molar-refractivity contribution is 6.31. The minimum absolute atomic E-state index is 0.407. The summed E-state index contributed by atoms with van der Waals surface area (Å²) >= 11 is 5.97. The molecule has 17 heavy (non-hydrogen) atoms. The Morgan fingerprint density at radius 3 is 2.94 bits per heavy atom. The van der Waals surface area contributed by atoms with Gasteiger partial charge in [0.1, 0.15) is 11.9 Å². The molecule has 2 rings (SSSR count). The zero-order valence-electron chi connectivity index (χ0n) is 9.17. The molecule has 2 heterocycles. The van der Waals surface area contributed by atoms with Crippen LogP contribution in [0.5, 0.6) is 5.75 Å². The number of ether oxygens (including phenoxy) is 1. The number of aliphatic hydroxyl groups is 1. The molecule has 0 aliphatic carbocycles. The lowest BCUT2D eigenvalue weighted by atomic mass is 10.1. The summed E-state index contributed by atoms with van der Waals surface area (Å²) < 4.78 is 5.04. The fourth-order valence-corrected chi connectivity index (χ4v) is 1.68. The number of methoxy groups -OCH3 is 1. The molecule has 1 unspecified atom stereocenters. The van der Waals surface area contributed by atoms with Crippen molar-refractivity contribution < 1.29 is 9.84 Å². The Labute approximate surface area is 104 Å². The van der Waals surface area contributed by atoms with Gasteiger partial charge in [0.25, 0.3) is 0 Å². The molecule has 0 saturated heterocycles. The van der Waals surface area contributed by atoms with Crippen LogP contribution in [0.15, 0.2) is 36.8 Å². The molecule has 2 aromatic heterocycles. The lowest BCUT2D eigenvalue weighted by Crippen LogP contribution is -2.03. The Balaban J connectivity index is 2.37. The van der Waals surface area contributed by atoms with Crippen molar-refractivity contribution in [3.63, 3.8) is 0 Å². The van der Waals surface area contributed by atoms with Gasteiger partial charge in [-0.05, 0) is 18.2 Å². The molecule has 0 bridgehead atoms. The summed E-state index contributed by atoms with van der Waals surface area (Å²) in [5.74, 6) is 0.577. The molecule has 0 saturated carbocycles. The summed E-state index contributed by atoms with van der Waals surface area (Å²) in [6, 6.07) is 5.09. The van der Waals surface area contributed by atoms with Crippen molar-refractivity contribution in [2.24, 2.45) is 0 Å². The van der Waals surface area contributed by atoms with Crippen LogP contribution in [0, 0.1) is 0 Å². The summed E-state index contributed by atoms with van der Waals surface area (Å²) in [6.07, 6.45) is 3.79. The smallest absolute Gasteiger partial charge is 0.137 e. The van der Waals surface area contributed by atoms with E-state index in [1.807, 2.05) is 0 Å². The number of nitrogens with zero attached hydrogens (tertiary/aromatic N) is 2. The molecule has 0 aromatic carbocycles. The van der Waals surface area contributed by atoms with E-state index in [0.717, 1.165) is 0 Å². The van der Waals surface area contributed by atoms with E-state index in [2.05, 4.69) is 9.97 Å². The average Bonchev–Trinajstić information content (AvgIpc) is 2.38. The predicted octanol–water partition coefficient (Wildman–Crippen LogP) is 2.22. The molecule has 1 N–H and O–H groups in total. The Hall–Kier alpha value is -1.65. The summed E-state index contributed by atoms with van der Waals surface area (Å²) in [6.45, 7) is 0. The lowest BCUT2D eigenvalue weighted by molar-refractivity contribution is 0.214. The fraction of sp³-hybridized carbons (Fsp3) is 0.167. The number of halogens is 1. The lowest BCUT2D eigenvalue weighted by Gasteiger charge is -2.12. The molecule has 0 fully saturated rings. The number of aromatic nitrogens is 2. The monoisotopic (exact) mass is 250 g/mol. The first-order chi connectivity index (χ1) is 8.22. The van der Waals surface area contributed by atoms with Gasteiger partial charge in [-0.3, -0.25) is 9.97 Å². The Kier molecular flexibility index (Phi) is 3.56. The zero-order valence-corrected chi connectivity index (χ0v) is 9.93. The van der Waals surface area contributed by atoms with Gasteiger partial charge in [0, 0.05) is 18.0 Å². The molecule has 2 aromatic rings. The maximum atomic E-state index is 10.2. The zero-order chi connectivity index (χ0) is 12.3. The fourth-order valence-electron chi connectivity index (χ4n) is 1.45. The minimum Gasteiger partial charge on any atom is -0.495 e. The highest BCUT2D eigenvalue weighted by atomic mass is 35.5. The van der Waals surface area contributed by atoms with Crippen LogP contribution in [0.1, 0.15) is 17.4 Å². The number of hydrogen-bond donors (Lipinski definition) is 1. The first kappa shape index (κ1) is 11.8. The van der Waals surface area contributed by atoms with Gasteiger partial charge in [0.2, 0.25) is 0 Å². The molecule has 0 spiro atoms. The number of hydrogen-bond acceptors (Lipinski definition) is 4.